The highest BCUT2D eigenvalue weighted by molar-refractivity contribution is 7.80. The van der Waals surface area contributed by atoms with Gasteiger partial charge in [-0.2, -0.15) is 0 Å². The Morgan fingerprint density at radius 1 is 1.44 bits per heavy atom. The van der Waals surface area contributed by atoms with Crippen molar-refractivity contribution in [2.45, 2.75) is 31.8 Å². The number of nitrogens with two attached hydrogens (primary N) is 1. The summed E-state index contributed by atoms with van der Waals surface area (Å²) in [5.74, 6) is 0.824. The van der Waals surface area contributed by atoms with Crippen molar-refractivity contribution in [2.24, 2.45) is 5.73 Å². The minimum absolute atomic E-state index is 0.374. The second-order valence-electron chi connectivity index (χ2n) is 4.50. The van der Waals surface area contributed by atoms with E-state index in [2.05, 4.69) is 10.3 Å². The molecule has 4 nitrogen and oxygen atoms in total. The van der Waals surface area contributed by atoms with Crippen molar-refractivity contribution in [1.82, 2.24) is 4.98 Å². The van der Waals surface area contributed by atoms with Crippen molar-refractivity contribution >= 4 is 23.0 Å². The van der Waals surface area contributed by atoms with Crippen LogP contribution in [0.25, 0.3) is 0 Å². The van der Waals surface area contributed by atoms with Crippen LogP contribution in [0.1, 0.15) is 31.2 Å². The fraction of sp³-hybridized carbons (Fsp3) is 0.538. The third kappa shape index (κ3) is 3.92. The second-order valence-corrected chi connectivity index (χ2v) is 4.94. The van der Waals surface area contributed by atoms with E-state index in [1.807, 2.05) is 12.1 Å². The van der Waals surface area contributed by atoms with Gasteiger partial charge in [0.15, 0.2) is 0 Å². The molecule has 1 aromatic heterocycles. The van der Waals surface area contributed by atoms with E-state index in [4.69, 9.17) is 22.7 Å². The molecule has 0 aliphatic heterocycles. The number of aromatic nitrogens is 1. The van der Waals surface area contributed by atoms with E-state index < -0.39 is 0 Å². The summed E-state index contributed by atoms with van der Waals surface area (Å²) in [6.45, 7) is 1.50. The number of ether oxygens (including phenoxy) is 1. The van der Waals surface area contributed by atoms with E-state index in [0.717, 1.165) is 24.5 Å². The number of hydrogen-bond donors (Lipinski definition) is 2. The van der Waals surface area contributed by atoms with Crippen LogP contribution in [0.3, 0.4) is 0 Å². The van der Waals surface area contributed by atoms with Gasteiger partial charge in [-0.05, 0) is 25.0 Å². The Balaban J connectivity index is 1.68. The molecule has 1 heterocycles. The van der Waals surface area contributed by atoms with Crippen LogP contribution in [0.2, 0.25) is 0 Å². The van der Waals surface area contributed by atoms with Crippen molar-refractivity contribution in [2.75, 3.05) is 18.5 Å². The molecule has 5 heteroatoms. The second kappa shape index (κ2) is 6.66. The lowest BCUT2D eigenvalue weighted by molar-refractivity contribution is 0.0658. The normalized spacial score (nSPS) is 15.8. The zero-order chi connectivity index (χ0) is 12.8. The summed E-state index contributed by atoms with van der Waals surface area (Å²) >= 11 is 4.87. The Bertz CT molecular complexity index is 388. The number of pyridine rings is 1. The highest BCUT2D eigenvalue weighted by Crippen LogP contribution is 2.20. The maximum Gasteiger partial charge on any atom is 0.125 e. The fourth-order valence-electron chi connectivity index (χ4n) is 2.10. The molecule has 18 heavy (non-hydrogen) atoms. The summed E-state index contributed by atoms with van der Waals surface area (Å²) in [7, 11) is 0. The third-order valence-electron chi connectivity index (χ3n) is 3.11. The van der Waals surface area contributed by atoms with Crippen molar-refractivity contribution in [3.63, 3.8) is 0 Å². The average Bonchev–Trinajstić information content (AvgIpc) is 2.88. The molecular weight excluding hydrogens is 246 g/mol. The molecule has 1 aromatic rings. The summed E-state index contributed by atoms with van der Waals surface area (Å²) in [6.07, 6.45) is 7.18. The minimum atomic E-state index is 0.374. The topological polar surface area (TPSA) is 60.2 Å². The Kier molecular flexibility index (Phi) is 4.90. The van der Waals surface area contributed by atoms with Crippen LogP contribution in [0.4, 0.5) is 5.82 Å². The lowest BCUT2D eigenvalue weighted by Gasteiger charge is -2.11. The van der Waals surface area contributed by atoms with Gasteiger partial charge in [-0.1, -0.05) is 25.1 Å². The monoisotopic (exact) mass is 265 g/mol. The first-order valence-electron chi connectivity index (χ1n) is 6.37. The zero-order valence-electron chi connectivity index (χ0n) is 10.4. The number of hydrogen-bond acceptors (Lipinski definition) is 4. The van der Waals surface area contributed by atoms with Gasteiger partial charge in [-0.25, -0.2) is 4.98 Å². The SMILES string of the molecule is NC(=S)c1ccc(NCCOC2CCCC2)nc1. The highest BCUT2D eigenvalue weighted by Gasteiger charge is 2.14. The average molecular weight is 265 g/mol. The Morgan fingerprint density at radius 3 is 2.83 bits per heavy atom. The van der Waals surface area contributed by atoms with E-state index in [-0.39, 0.29) is 0 Å². The van der Waals surface area contributed by atoms with Gasteiger partial charge in [0, 0.05) is 18.3 Å². The summed E-state index contributed by atoms with van der Waals surface area (Å²) in [5, 5.41) is 3.21. The van der Waals surface area contributed by atoms with Gasteiger partial charge >= 0.3 is 0 Å². The Morgan fingerprint density at radius 2 is 2.22 bits per heavy atom. The smallest absolute Gasteiger partial charge is 0.125 e. The molecule has 0 amide bonds. The van der Waals surface area contributed by atoms with Crippen molar-refractivity contribution in [3.8, 4) is 0 Å². The fourth-order valence-corrected chi connectivity index (χ4v) is 2.22. The van der Waals surface area contributed by atoms with Crippen molar-refractivity contribution in [1.29, 1.82) is 0 Å². The molecule has 0 radical (unpaired) electrons. The van der Waals surface area contributed by atoms with Crippen molar-refractivity contribution in [3.05, 3.63) is 23.9 Å². The lowest BCUT2D eigenvalue weighted by atomic mass is 10.3. The van der Waals surface area contributed by atoms with Crippen LogP contribution in [0, 0.1) is 0 Å². The molecule has 3 N–H and O–H groups in total. The molecule has 1 fully saturated rings. The number of thiocarbonyl (C=S) groups is 1. The molecule has 0 spiro atoms. The Labute approximate surface area is 113 Å². The van der Waals surface area contributed by atoms with E-state index in [1.54, 1.807) is 6.20 Å². The molecular formula is C13H19N3OS. The lowest BCUT2D eigenvalue weighted by Crippen LogP contribution is -2.16. The maximum absolute atomic E-state index is 5.76. The van der Waals surface area contributed by atoms with Gasteiger partial charge in [-0.15, -0.1) is 0 Å². The van der Waals surface area contributed by atoms with Gasteiger partial charge in [0.05, 0.1) is 12.7 Å². The summed E-state index contributed by atoms with van der Waals surface area (Å²) in [4.78, 5) is 4.61. The summed E-state index contributed by atoms with van der Waals surface area (Å²) in [5.41, 5.74) is 6.30. The Hall–Kier alpha value is -1.20. The molecule has 2 rings (SSSR count). The third-order valence-corrected chi connectivity index (χ3v) is 3.35. The van der Waals surface area contributed by atoms with Gasteiger partial charge in [-0.3, -0.25) is 0 Å². The molecule has 0 atom stereocenters. The van der Waals surface area contributed by atoms with E-state index in [9.17, 15) is 0 Å². The quantitative estimate of drug-likeness (QED) is 0.609. The van der Waals surface area contributed by atoms with Crippen LogP contribution >= 0.6 is 12.2 Å². The molecule has 1 aliphatic rings. The summed E-state index contributed by atoms with van der Waals surface area (Å²) < 4.78 is 5.76. The predicted octanol–water partition coefficient (Wildman–Crippen LogP) is 2.09. The number of rotatable bonds is 6. The zero-order valence-corrected chi connectivity index (χ0v) is 11.2. The standard InChI is InChI=1S/C13H19N3OS/c14-13(18)10-5-6-12(16-9-10)15-7-8-17-11-3-1-2-4-11/h5-6,9,11H,1-4,7-8H2,(H2,14,18)(H,15,16). The van der Waals surface area contributed by atoms with Crippen LogP contribution in [0.5, 0.6) is 0 Å². The van der Waals surface area contributed by atoms with Crippen LogP contribution in [-0.2, 0) is 4.74 Å². The van der Waals surface area contributed by atoms with E-state index >= 15 is 0 Å². The van der Waals surface area contributed by atoms with Crippen LogP contribution < -0.4 is 11.1 Å². The van der Waals surface area contributed by atoms with Gasteiger partial charge < -0.3 is 15.8 Å². The largest absolute Gasteiger partial charge is 0.389 e. The first kappa shape index (κ1) is 13.2. The first-order chi connectivity index (χ1) is 8.75. The van der Waals surface area contributed by atoms with Crippen LogP contribution in [-0.4, -0.2) is 29.2 Å². The summed E-state index contributed by atoms with van der Waals surface area (Å²) in [6, 6.07) is 3.75. The molecule has 0 aromatic carbocycles. The molecule has 98 valence electrons. The van der Waals surface area contributed by atoms with E-state index in [0.29, 0.717) is 11.1 Å². The number of nitrogens with one attached hydrogen (secondary N) is 1. The van der Waals surface area contributed by atoms with Gasteiger partial charge in [0.1, 0.15) is 10.8 Å². The first-order valence-corrected chi connectivity index (χ1v) is 6.78. The van der Waals surface area contributed by atoms with Crippen LogP contribution in [0.15, 0.2) is 18.3 Å². The molecule has 0 unspecified atom stereocenters. The molecule has 0 saturated heterocycles. The van der Waals surface area contributed by atoms with E-state index in [1.165, 1.54) is 25.7 Å². The minimum Gasteiger partial charge on any atom is -0.389 e. The predicted molar refractivity (Wildman–Crippen MR) is 76.8 cm³/mol. The molecule has 1 aliphatic carbocycles. The molecule has 1 saturated carbocycles. The van der Waals surface area contributed by atoms with Gasteiger partial charge in [0.2, 0.25) is 0 Å². The highest BCUT2D eigenvalue weighted by atomic mass is 32.1. The number of anilines is 1. The number of nitrogens with zero attached hydrogens (tertiary/aromatic N) is 1. The van der Waals surface area contributed by atoms with Gasteiger partial charge in [0.25, 0.3) is 0 Å². The molecule has 0 bridgehead atoms. The maximum atomic E-state index is 5.76. The van der Waals surface area contributed by atoms with Crippen molar-refractivity contribution < 1.29 is 4.74 Å².